The summed E-state index contributed by atoms with van der Waals surface area (Å²) in [7, 11) is 0. The van der Waals surface area contributed by atoms with Gasteiger partial charge >= 0.3 is 0 Å². The molecule has 0 radical (unpaired) electrons. The second-order valence-electron chi connectivity index (χ2n) is 7.60. The van der Waals surface area contributed by atoms with Gasteiger partial charge in [0, 0.05) is 6.54 Å². The van der Waals surface area contributed by atoms with Crippen molar-refractivity contribution in [2.75, 3.05) is 25.0 Å². The molecule has 1 aliphatic rings. The molecule has 0 bridgehead atoms. The van der Waals surface area contributed by atoms with Gasteiger partial charge in [0.2, 0.25) is 5.95 Å². The molecule has 7 nitrogen and oxygen atoms in total. The number of hydrogen-bond acceptors (Lipinski definition) is 5. The fraction of sp³-hybridized carbons (Fsp3) is 0.478. The molecule has 30 heavy (non-hydrogen) atoms. The normalized spacial score (nSPS) is 19.2. The Balaban J connectivity index is 1.68. The number of benzene rings is 1. The zero-order chi connectivity index (χ0) is 21.3. The Hall–Kier alpha value is -2.64. The van der Waals surface area contributed by atoms with Gasteiger partial charge in [-0.1, -0.05) is 36.4 Å². The van der Waals surface area contributed by atoms with Crippen molar-refractivity contribution >= 4 is 11.8 Å². The van der Waals surface area contributed by atoms with E-state index < -0.39 is 0 Å². The van der Waals surface area contributed by atoms with Gasteiger partial charge in [0.25, 0.3) is 0 Å². The second-order valence-corrected chi connectivity index (χ2v) is 7.60. The van der Waals surface area contributed by atoms with E-state index in [2.05, 4.69) is 45.7 Å². The molecule has 2 aromatic rings. The lowest BCUT2D eigenvalue weighted by Crippen LogP contribution is -2.19. The summed E-state index contributed by atoms with van der Waals surface area (Å²) in [5.74, 6) is 1.14. The van der Waals surface area contributed by atoms with Crippen LogP contribution in [-0.4, -0.2) is 46.3 Å². The van der Waals surface area contributed by atoms with E-state index in [1.807, 2.05) is 13.0 Å². The standard InChI is InChI=1S/C23H33N5O2/c1-3-14-25-22(24)21-17(2)28(20-13-12-19(16-29)30-20)23(27-21)26-15-8-7-11-18-9-5-4-6-10-18/h3-6,9-10,19-20,29H,1,7-8,11-16H2,2H3,(H2,24,25)(H,26,27). The molecule has 1 saturated heterocycles. The number of amidine groups is 1. The minimum absolute atomic E-state index is 0.0300. The maximum Gasteiger partial charge on any atom is 0.205 e. The van der Waals surface area contributed by atoms with Gasteiger partial charge in [-0.05, 0) is 44.6 Å². The molecule has 1 aromatic carbocycles. The Morgan fingerprint density at radius 2 is 2.17 bits per heavy atom. The van der Waals surface area contributed by atoms with E-state index >= 15 is 0 Å². The summed E-state index contributed by atoms with van der Waals surface area (Å²) in [6.07, 6.45) is 6.25. The highest BCUT2D eigenvalue weighted by Crippen LogP contribution is 2.33. The third kappa shape index (κ3) is 5.49. The maximum absolute atomic E-state index is 9.44. The lowest BCUT2D eigenvalue weighted by Gasteiger charge is -2.19. The molecule has 162 valence electrons. The molecule has 0 amide bonds. The zero-order valence-corrected chi connectivity index (χ0v) is 17.8. The lowest BCUT2D eigenvalue weighted by molar-refractivity contribution is -0.0222. The van der Waals surface area contributed by atoms with Crippen LogP contribution in [0.15, 0.2) is 48.0 Å². The maximum atomic E-state index is 9.44. The average molecular weight is 412 g/mol. The minimum Gasteiger partial charge on any atom is -0.394 e. The van der Waals surface area contributed by atoms with Crippen molar-refractivity contribution < 1.29 is 9.84 Å². The Bertz CT molecular complexity index is 847. The zero-order valence-electron chi connectivity index (χ0n) is 17.8. The Kier molecular flexibility index (Phi) is 8.04. The molecule has 4 N–H and O–H groups in total. The molecule has 2 heterocycles. The average Bonchev–Trinajstić information content (AvgIpc) is 3.36. The SMILES string of the molecule is C=CCN=C(N)c1nc(NCCCCc2ccccc2)n(C2CCC(CO)O2)c1C. The van der Waals surface area contributed by atoms with Gasteiger partial charge in [0.15, 0.2) is 0 Å². The number of ether oxygens (including phenoxy) is 1. The Morgan fingerprint density at radius 1 is 1.37 bits per heavy atom. The van der Waals surface area contributed by atoms with Crippen molar-refractivity contribution in [2.24, 2.45) is 10.7 Å². The number of imidazole rings is 1. The van der Waals surface area contributed by atoms with Crippen LogP contribution in [0, 0.1) is 6.92 Å². The largest absolute Gasteiger partial charge is 0.394 e. The van der Waals surface area contributed by atoms with E-state index in [1.54, 1.807) is 6.08 Å². The monoisotopic (exact) mass is 411 g/mol. The highest BCUT2D eigenvalue weighted by atomic mass is 16.5. The first-order valence-electron chi connectivity index (χ1n) is 10.7. The molecule has 0 aliphatic carbocycles. The summed E-state index contributed by atoms with van der Waals surface area (Å²) < 4.78 is 8.07. The van der Waals surface area contributed by atoms with Crippen LogP contribution in [0.3, 0.4) is 0 Å². The third-order valence-corrected chi connectivity index (χ3v) is 5.38. The minimum atomic E-state index is -0.164. The fourth-order valence-corrected chi connectivity index (χ4v) is 3.78. The Morgan fingerprint density at radius 3 is 2.87 bits per heavy atom. The molecule has 1 fully saturated rings. The molecule has 0 spiro atoms. The number of nitrogens with two attached hydrogens (primary N) is 1. The Labute approximate surface area is 178 Å². The highest BCUT2D eigenvalue weighted by Gasteiger charge is 2.30. The van der Waals surface area contributed by atoms with Crippen molar-refractivity contribution in [3.05, 3.63) is 59.9 Å². The summed E-state index contributed by atoms with van der Waals surface area (Å²) in [4.78, 5) is 9.05. The molecular formula is C23H33N5O2. The number of aromatic nitrogens is 2. The molecular weight excluding hydrogens is 378 g/mol. The molecule has 2 atom stereocenters. The topological polar surface area (TPSA) is 97.7 Å². The summed E-state index contributed by atoms with van der Waals surface area (Å²) >= 11 is 0. The molecule has 0 saturated carbocycles. The molecule has 2 unspecified atom stereocenters. The highest BCUT2D eigenvalue weighted by molar-refractivity contribution is 5.97. The van der Waals surface area contributed by atoms with E-state index in [0.717, 1.165) is 50.3 Å². The number of unbranched alkanes of at least 4 members (excludes halogenated alkanes) is 1. The molecule has 3 rings (SSSR count). The number of hydrogen-bond donors (Lipinski definition) is 3. The van der Waals surface area contributed by atoms with Gasteiger partial charge in [-0.25, -0.2) is 4.98 Å². The molecule has 1 aromatic heterocycles. The number of aliphatic hydroxyl groups is 1. The first-order valence-corrected chi connectivity index (χ1v) is 10.7. The summed E-state index contributed by atoms with van der Waals surface area (Å²) in [5, 5.41) is 12.9. The number of aryl methyl sites for hydroxylation is 1. The number of aliphatic imine (C=N–C) groups is 1. The smallest absolute Gasteiger partial charge is 0.205 e. The third-order valence-electron chi connectivity index (χ3n) is 5.38. The predicted molar refractivity (Wildman–Crippen MR) is 121 cm³/mol. The van der Waals surface area contributed by atoms with Gasteiger partial charge in [0.1, 0.15) is 17.8 Å². The quantitative estimate of drug-likeness (QED) is 0.228. The van der Waals surface area contributed by atoms with E-state index in [1.165, 1.54) is 5.56 Å². The summed E-state index contributed by atoms with van der Waals surface area (Å²) in [6.45, 7) is 6.96. The van der Waals surface area contributed by atoms with Crippen LogP contribution in [0.4, 0.5) is 5.95 Å². The van der Waals surface area contributed by atoms with Gasteiger partial charge in [-0.15, -0.1) is 6.58 Å². The van der Waals surface area contributed by atoms with Crippen LogP contribution in [0.2, 0.25) is 0 Å². The van der Waals surface area contributed by atoms with Crippen molar-refractivity contribution in [1.82, 2.24) is 9.55 Å². The van der Waals surface area contributed by atoms with Crippen molar-refractivity contribution in [2.45, 2.75) is 51.4 Å². The van der Waals surface area contributed by atoms with Crippen LogP contribution >= 0.6 is 0 Å². The number of nitrogens with zero attached hydrogens (tertiary/aromatic N) is 3. The lowest BCUT2D eigenvalue weighted by atomic mass is 10.1. The number of rotatable bonds is 11. The number of aliphatic hydroxyl groups excluding tert-OH is 1. The van der Waals surface area contributed by atoms with Crippen molar-refractivity contribution in [1.29, 1.82) is 0 Å². The van der Waals surface area contributed by atoms with Gasteiger partial charge < -0.3 is 20.9 Å². The second kappa shape index (κ2) is 10.9. The fourth-order valence-electron chi connectivity index (χ4n) is 3.78. The van der Waals surface area contributed by atoms with E-state index in [9.17, 15) is 5.11 Å². The van der Waals surface area contributed by atoms with Gasteiger partial charge in [-0.3, -0.25) is 9.56 Å². The first-order chi connectivity index (χ1) is 14.6. The van der Waals surface area contributed by atoms with E-state index in [-0.39, 0.29) is 18.9 Å². The van der Waals surface area contributed by atoms with Gasteiger partial charge in [0.05, 0.1) is 24.9 Å². The molecule has 7 heteroatoms. The van der Waals surface area contributed by atoms with Crippen LogP contribution < -0.4 is 11.1 Å². The van der Waals surface area contributed by atoms with Crippen LogP contribution in [0.1, 0.15) is 48.9 Å². The van der Waals surface area contributed by atoms with Crippen molar-refractivity contribution in [3.63, 3.8) is 0 Å². The molecule has 1 aliphatic heterocycles. The first kappa shape index (κ1) is 22.1. The summed E-state index contributed by atoms with van der Waals surface area (Å²) in [6, 6.07) is 10.5. The van der Waals surface area contributed by atoms with Crippen LogP contribution in [-0.2, 0) is 11.2 Å². The van der Waals surface area contributed by atoms with Crippen molar-refractivity contribution in [3.8, 4) is 0 Å². The van der Waals surface area contributed by atoms with E-state index in [0.29, 0.717) is 18.1 Å². The van der Waals surface area contributed by atoms with Crippen LogP contribution in [0.5, 0.6) is 0 Å². The number of anilines is 1. The van der Waals surface area contributed by atoms with Gasteiger partial charge in [-0.2, -0.15) is 0 Å². The summed E-state index contributed by atoms with van der Waals surface area (Å²) in [5.41, 5.74) is 9.11. The predicted octanol–water partition coefficient (Wildman–Crippen LogP) is 3.19. The van der Waals surface area contributed by atoms with E-state index in [4.69, 9.17) is 15.5 Å². The van der Waals surface area contributed by atoms with Crippen LogP contribution in [0.25, 0.3) is 0 Å². The number of nitrogens with one attached hydrogen (secondary N) is 1.